The molecular formula is C16H17N3O3S. The summed E-state index contributed by atoms with van der Waals surface area (Å²) < 4.78 is 27.5. The molecule has 0 saturated heterocycles. The molecular weight excluding hydrogens is 314 g/mol. The van der Waals surface area contributed by atoms with Crippen LogP contribution in [-0.4, -0.2) is 25.9 Å². The van der Waals surface area contributed by atoms with Crippen LogP contribution < -0.4 is 9.62 Å². The first-order valence-corrected chi connectivity index (χ1v) is 8.85. The zero-order chi connectivity index (χ0) is 16.4. The molecule has 0 atom stereocenters. The monoisotopic (exact) mass is 331 g/mol. The molecule has 2 aromatic rings. The van der Waals surface area contributed by atoms with Gasteiger partial charge in [-0.05, 0) is 49.2 Å². The largest absolute Gasteiger partial charge is 0.312 e. The van der Waals surface area contributed by atoms with Gasteiger partial charge >= 0.3 is 0 Å². The van der Waals surface area contributed by atoms with E-state index in [1.165, 1.54) is 12.3 Å². The molecule has 0 radical (unpaired) electrons. The van der Waals surface area contributed by atoms with Gasteiger partial charge in [0.25, 0.3) is 10.0 Å². The second-order valence-corrected chi connectivity index (χ2v) is 6.96. The molecule has 1 aliphatic rings. The lowest BCUT2D eigenvalue weighted by atomic mass is 10.0. The van der Waals surface area contributed by atoms with Crippen LogP contribution in [-0.2, 0) is 21.2 Å². The summed E-state index contributed by atoms with van der Waals surface area (Å²) in [5.74, 6) is 0.0732. The minimum atomic E-state index is -3.68. The summed E-state index contributed by atoms with van der Waals surface area (Å²) in [6, 6.07) is 8.17. The van der Waals surface area contributed by atoms with Crippen molar-refractivity contribution in [2.24, 2.45) is 0 Å². The van der Waals surface area contributed by atoms with Crippen LogP contribution in [0.4, 0.5) is 11.4 Å². The molecule has 23 heavy (non-hydrogen) atoms. The van der Waals surface area contributed by atoms with E-state index in [2.05, 4.69) is 9.71 Å². The van der Waals surface area contributed by atoms with Crippen LogP contribution in [0.15, 0.2) is 47.6 Å². The van der Waals surface area contributed by atoms with E-state index < -0.39 is 10.0 Å². The summed E-state index contributed by atoms with van der Waals surface area (Å²) in [6.07, 6.45) is 3.99. The third-order valence-electron chi connectivity index (χ3n) is 3.79. The highest BCUT2D eigenvalue weighted by molar-refractivity contribution is 7.92. The number of carbonyl (C=O) groups is 1. The Morgan fingerprint density at radius 2 is 2.09 bits per heavy atom. The van der Waals surface area contributed by atoms with Crippen LogP contribution in [0.3, 0.4) is 0 Å². The smallest absolute Gasteiger partial charge is 0.261 e. The van der Waals surface area contributed by atoms with Crippen molar-refractivity contribution in [2.45, 2.75) is 24.7 Å². The first-order valence-electron chi connectivity index (χ1n) is 7.37. The maximum absolute atomic E-state index is 12.5. The van der Waals surface area contributed by atoms with Gasteiger partial charge in [-0.1, -0.05) is 0 Å². The fourth-order valence-corrected chi connectivity index (χ4v) is 3.78. The third kappa shape index (κ3) is 3.05. The van der Waals surface area contributed by atoms with E-state index >= 15 is 0 Å². The molecule has 0 saturated carbocycles. The second kappa shape index (κ2) is 6.00. The summed E-state index contributed by atoms with van der Waals surface area (Å²) in [6.45, 7) is 2.48. The van der Waals surface area contributed by atoms with Crippen molar-refractivity contribution in [1.82, 2.24) is 4.98 Å². The van der Waals surface area contributed by atoms with E-state index in [0.29, 0.717) is 25.1 Å². The van der Waals surface area contributed by atoms with E-state index in [0.717, 1.165) is 11.3 Å². The summed E-state index contributed by atoms with van der Waals surface area (Å²) in [5.41, 5.74) is 2.08. The van der Waals surface area contributed by atoms with Crippen molar-refractivity contribution in [3.63, 3.8) is 0 Å². The van der Waals surface area contributed by atoms with Crippen LogP contribution in [0.25, 0.3) is 0 Å². The molecule has 0 fully saturated rings. The van der Waals surface area contributed by atoms with Crippen LogP contribution in [0.5, 0.6) is 0 Å². The summed E-state index contributed by atoms with van der Waals surface area (Å²) in [5, 5.41) is 0. The number of fused-ring (bicyclic) bond motifs is 1. The molecule has 7 heteroatoms. The highest BCUT2D eigenvalue weighted by atomic mass is 32.2. The number of aryl methyl sites for hydroxylation is 1. The number of carbonyl (C=O) groups excluding carboxylic acids is 1. The number of aromatic nitrogens is 1. The highest BCUT2D eigenvalue weighted by Crippen LogP contribution is 2.30. The Bertz CT molecular complexity index is 835. The van der Waals surface area contributed by atoms with Crippen LogP contribution in [0, 0.1) is 0 Å². The lowest BCUT2D eigenvalue weighted by Gasteiger charge is -2.28. The first kappa shape index (κ1) is 15.5. The first-order chi connectivity index (χ1) is 11.0. The topological polar surface area (TPSA) is 79.4 Å². The lowest BCUT2D eigenvalue weighted by Crippen LogP contribution is -2.34. The number of amides is 1. The Morgan fingerprint density at radius 1 is 1.26 bits per heavy atom. The van der Waals surface area contributed by atoms with Gasteiger partial charge in [0.2, 0.25) is 5.91 Å². The molecule has 1 N–H and O–H groups in total. The SMILES string of the molecule is CCN1C(=O)CCc2cc(S(=O)(=O)Nc3cccnc3)ccc21. The van der Waals surface area contributed by atoms with Gasteiger partial charge in [0.05, 0.1) is 16.8 Å². The molecule has 1 aromatic heterocycles. The molecule has 1 aliphatic heterocycles. The van der Waals surface area contributed by atoms with Crippen molar-refractivity contribution in [3.8, 4) is 0 Å². The number of benzene rings is 1. The zero-order valence-corrected chi connectivity index (χ0v) is 13.5. The van der Waals surface area contributed by atoms with Gasteiger partial charge in [0, 0.05) is 24.8 Å². The minimum absolute atomic E-state index is 0.0732. The second-order valence-electron chi connectivity index (χ2n) is 5.28. The maximum Gasteiger partial charge on any atom is 0.261 e. The molecule has 120 valence electrons. The van der Waals surface area contributed by atoms with E-state index in [1.54, 1.807) is 35.4 Å². The number of sulfonamides is 1. The Kier molecular flexibility index (Phi) is 4.04. The summed E-state index contributed by atoms with van der Waals surface area (Å²) in [4.78, 5) is 17.7. The molecule has 0 spiro atoms. The highest BCUT2D eigenvalue weighted by Gasteiger charge is 2.25. The Morgan fingerprint density at radius 3 is 2.78 bits per heavy atom. The third-order valence-corrected chi connectivity index (χ3v) is 5.17. The predicted molar refractivity (Wildman–Crippen MR) is 87.8 cm³/mol. The standard InChI is InChI=1S/C16H17N3O3S/c1-2-19-15-7-6-14(10-12(15)5-8-16(19)20)23(21,22)18-13-4-3-9-17-11-13/h3-4,6-7,9-11,18H,2,5,8H2,1H3. The van der Waals surface area contributed by atoms with Crippen molar-refractivity contribution in [2.75, 3.05) is 16.2 Å². The molecule has 6 nitrogen and oxygen atoms in total. The van der Waals surface area contributed by atoms with Gasteiger partial charge in [-0.3, -0.25) is 14.5 Å². The van der Waals surface area contributed by atoms with Crippen molar-refractivity contribution in [1.29, 1.82) is 0 Å². The van der Waals surface area contributed by atoms with E-state index in [-0.39, 0.29) is 10.8 Å². The fraction of sp³-hybridized carbons (Fsp3) is 0.250. The molecule has 3 rings (SSSR count). The van der Waals surface area contributed by atoms with E-state index in [4.69, 9.17) is 0 Å². The average molecular weight is 331 g/mol. The average Bonchev–Trinajstić information content (AvgIpc) is 2.55. The van der Waals surface area contributed by atoms with Crippen LogP contribution in [0.1, 0.15) is 18.9 Å². The van der Waals surface area contributed by atoms with Crippen LogP contribution in [0.2, 0.25) is 0 Å². The Labute approximate surface area is 135 Å². The number of hydrogen-bond donors (Lipinski definition) is 1. The van der Waals surface area contributed by atoms with E-state index in [9.17, 15) is 13.2 Å². The number of nitrogens with one attached hydrogen (secondary N) is 1. The number of pyridine rings is 1. The van der Waals surface area contributed by atoms with Crippen molar-refractivity contribution in [3.05, 3.63) is 48.3 Å². The predicted octanol–water partition coefficient (Wildman–Crippen LogP) is 2.18. The molecule has 0 bridgehead atoms. The molecule has 1 amide bonds. The molecule has 0 aliphatic carbocycles. The van der Waals surface area contributed by atoms with Crippen LogP contribution >= 0.6 is 0 Å². The Balaban J connectivity index is 1.94. The number of rotatable bonds is 4. The quantitative estimate of drug-likeness (QED) is 0.931. The normalized spacial score (nSPS) is 14.5. The number of nitrogens with zero attached hydrogens (tertiary/aromatic N) is 2. The fourth-order valence-electron chi connectivity index (χ4n) is 2.69. The summed E-state index contributed by atoms with van der Waals surface area (Å²) >= 11 is 0. The van der Waals surface area contributed by atoms with E-state index in [1.807, 2.05) is 6.92 Å². The molecule has 0 unspecified atom stereocenters. The Hall–Kier alpha value is -2.41. The summed E-state index contributed by atoms with van der Waals surface area (Å²) in [7, 11) is -3.68. The number of anilines is 2. The van der Waals surface area contributed by atoms with Crippen molar-refractivity contribution < 1.29 is 13.2 Å². The van der Waals surface area contributed by atoms with Gasteiger partial charge in [-0.25, -0.2) is 8.42 Å². The van der Waals surface area contributed by atoms with Gasteiger partial charge in [0.1, 0.15) is 0 Å². The van der Waals surface area contributed by atoms with Crippen molar-refractivity contribution >= 4 is 27.3 Å². The van der Waals surface area contributed by atoms with Gasteiger partial charge in [-0.15, -0.1) is 0 Å². The van der Waals surface area contributed by atoms with Gasteiger partial charge in [-0.2, -0.15) is 0 Å². The maximum atomic E-state index is 12.5. The number of hydrogen-bond acceptors (Lipinski definition) is 4. The minimum Gasteiger partial charge on any atom is -0.312 e. The van der Waals surface area contributed by atoms with Gasteiger partial charge < -0.3 is 4.90 Å². The lowest BCUT2D eigenvalue weighted by molar-refractivity contribution is -0.118. The molecule has 2 heterocycles. The van der Waals surface area contributed by atoms with Gasteiger partial charge in [0.15, 0.2) is 0 Å². The molecule has 1 aromatic carbocycles. The zero-order valence-electron chi connectivity index (χ0n) is 12.7.